The van der Waals surface area contributed by atoms with E-state index in [2.05, 4.69) is 5.32 Å². The van der Waals surface area contributed by atoms with E-state index < -0.39 is 11.9 Å². The molecule has 1 aromatic rings. The number of rotatable bonds is 7. The highest BCUT2D eigenvalue weighted by Crippen LogP contribution is 2.39. The predicted molar refractivity (Wildman–Crippen MR) is 112 cm³/mol. The Kier molecular flexibility index (Phi) is 7.85. The smallest absolute Gasteiger partial charge is 0.336 e. The molecule has 0 spiro atoms. The van der Waals surface area contributed by atoms with Crippen LogP contribution in [0.3, 0.4) is 0 Å². The molecule has 1 heterocycles. The van der Waals surface area contributed by atoms with Crippen LogP contribution in [0.2, 0.25) is 5.02 Å². The average molecular weight is 421 g/mol. The molecular weight excluding hydrogens is 392 g/mol. The lowest BCUT2D eigenvalue weighted by molar-refractivity contribution is -0.141. The van der Waals surface area contributed by atoms with Crippen LogP contribution in [-0.2, 0) is 19.1 Å². The second-order valence-electron chi connectivity index (χ2n) is 7.58. The molecule has 0 aromatic heterocycles. The van der Waals surface area contributed by atoms with Crippen molar-refractivity contribution in [3.8, 4) is 0 Å². The number of ether oxygens (including phenoxy) is 1. The number of amides is 2. The number of nitrogens with one attached hydrogen (secondary N) is 1. The molecule has 2 atom stereocenters. The highest BCUT2D eigenvalue weighted by atomic mass is 35.5. The van der Waals surface area contributed by atoms with Gasteiger partial charge in [-0.05, 0) is 38.3 Å². The molecule has 158 valence electrons. The standard InChI is InChI=1S/C22H29ClN2O4/c1-6-29-22(28)21-15(5)25(12-19(26)24-14(4)13(2)3)20(27)11-17(21)16-9-7-8-10-18(16)23/h7-10,13-14,17H,6,11-12H2,1-5H3,(H,24,26)/t14-,17-/m1/s1. The van der Waals surface area contributed by atoms with E-state index in [1.165, 1.54) is 4.90 Å². The van der Waals surface area contributed by atoms with Crippen molar-refractivity contribution in [2.24, 2.45) is 5.92 Å². The number of nitrogens with zero attached hydrogens (tertiary/aromatic N) is 1. The van der Waals surface area contributed by atoms with Crippen LogP contribution in [0, 0.1) is 5.92 Å². The summed E-state index contributed by atoms with van der Waals surface area (Å²) in [5.41, 5.74) is 1.49. The molecule has 1 aromatic carbocycles. The molecule has 2 amide bonds. The third kappa shape index (κ3) is 5.38. The largest absolute Gasteiger partial charge is 0.463 e. The van der Waals surface area contributed by atoms with E-state index in [1.807, 2.05) is 26.8 Å². The second-order valence-corrected chi connectivity index (χ2v) is 7.99. The Labute approximate surface area is 177 Å². The highest BCUT2D eigenvalue weighted by molar-refractivity contribution is 6.31. The Hall–Kier alpha value is -2.34. The topological polar surface area (TPSA) is 75.7 Å². The molecule has 0 aliphatic carbocycles. The van der Waals surface area contributed by atoms with Crippen LogP contribution in [0.15, 0.2) is 35.5 Å². The Morgan fingerprint density at radius 2 is 1.93 bits per heavy atom. The summed E-state index contributed by atoms with van der Waals surface area (Å²) in [7, 11) is 0. The van der Waals surface area contributed by atoms with Crippen molar-refractivity contribution in [1.29, 1.82) is 0 Å². The molecule has 0 saturated carbocycles. The zero-order valence-corrected chi connectivity index (χ0v) is 18.4. The first kappa shape index (κ1) is 22.9. The molecule has 0 unspecified atom stereocenters. The van der Waals surface area contributed by atoms with Crippen molar-refractivity contribution in [3.63, 3.8) is 0 Å². The Bertz CT molecular complexity index is 819. The van der Waals surface area contributed by atoms with Gasteiger partial charge in [0.2, 0.25) is 11.8 Å². The van der Waals surface area contributed by atoms with E-state index in [0.29, 0.717) is 21.9 Å². The van der Waals surface area contributed by atoms with Gasteiger partial charge in [-0.2, -0.15) is 0 Å². The molecule has 0 bridgehead atoms. The molecule has 6 nitrogen and oxygen atoms in total. The molecule has 0 radical (unpaired) electrons. The number of carbonyl (C=O) groups excluding carboxylic acids is 3. The van der Waals surface area contributed by atoms with E-state index in [4.69, 9.17) is 16.3 Å². The van der Waals surface area contributed by atoms with Gasteiger partial charge in [0.25, 0.3) is 0 Å². The number of hydrogen-bond acceptors (Lipinski definition) is 4. The van der Waals surface area contributed by atoms with E-state index in [0.717, 1.165) is 0 Å². The SMILES string of the molecule is CCOC(=O)C1=C(C)N(CC(=O)N[C@H](C)C(C)C)C(=O)C[C@@H]1c1ccccc1Cl. The minimum Gasteiger partial charge on any atom is -0.463 e. The third-order valence-electron chi connectivity index (χ3n) is 5.29. The fourth-order valence-corrected chi connectivity index (χ4v) is 3.58. The van der Waals surface area contributed by atoms with Crippen LogP contribution in [0.1, 0.15) is 52.5 Å². The average Bonchev–Trinajstić information content (AvgIpc) is 2.65. The number of halogens is 1. The summed E-state index contributed by atoms with van der Waals surface area (Å²) in [6.45, 7) is 9.41. The second kappa shape index (κ2) is 9.92. The van der Waals surface area contributed by atoms with E-state index in [1.54, 1.807) is 32.0 Å². The van der Waals surface area contributed by atoms with Crippen molar-refractivity contribution >= 4 is 29.4 Å². The van der Waals surface area contributed by atoms with Gasteiger partial charge in [-0.15, -0.1) is 0 Å². The van der Waals surface area contributed by atoms with Crippen LogP contribution < -0.4 is 5.32 Å². The highest BCUT2D eigenvalue weighted by Gasteiger charge is 2.38. The quantitative estimate of drug-likeness (QED) is 0.683. The van der Waals surface area contributed by atoms with Crippen LogP contribution in [-0.4, -0.2) is 41.9 Å². The number of hydrogen-bond donors (Lipinski definition) is 1. The maximum atomic E-state index is 12.9. The number of allylic oxidation sites excluding steroid dienone is 1. The molecule has 0 saturated heterocycles. The van der Waals surface area contributed by atoms with E-state index >= 15 is 0 Å². The summed E-state index contributed by atoms with van der Waals surface area (Å²) >= 11 is 6.34. The van der Waals surface area contributed by atoms with Crippen molar-refractivity contribution in [2.75, 3.05) is 13.2 Å². The summed E-state index contributed by atoms with van der Waals surface area (Å²) in [4.78, 5) is 39.5. The van der Waals surface area contributed by atoms with E-state index in [-0.39, 0.29) is 43.3 Å². The normalized spacial score (nSPS) is 18.1. The predicted octanol–water partition coefficient (Wildman–Crippen LogP) is 3.65. The van der Waals surface area contributed by atoms with Gasteiger partial charge >= 0.3 is 5.97 Å². The van der Waals surface area contributed by atoms with Crippen molar-refractivity contribution in [2.45, 2.75) is 53.0 Å². The molecule has 1 N–H and O–H groups in total. The fraction of sp³-hybridized carbons (Fsp3) is 0.500. The maximum Gasteiger partial charge on any atom is 0.336 e. The van der Waals surface area contributed by atoms with Gasteiger partial charge in [0, 0.05) is 29.1 Å². The van der Waals surface area contributed by atoms with Crippen LogP contribution in [0.25, 0.3) is 0 Å². The summed E-state index contributed by atoms with van der Waals surface area (Å²) in [5.74, 6) is -1.23. The lowest BCUT2D eigenvalue weighted by Gasteiger charge is -2.34. The Morgan fingerprint density at radius 1 is 1.28 bits per heavy atom. The maximum absolute atomic E-state index is 12.9. The Morgan fingerprint density at radius 3 is 2.52 bits per heavy atom. The molecule has 2 rings (SSSR count). The van der Waals surface area contributed by atoms with Gasteiger partial charge in [0.15, 0.2) is 0 Å². The van der Waals surface area contributed by atoms with Gasteiger partial charge in [0.05, 0.1) is 12.2 Å². The molecule has 1 aliphatic heterocycles. The lowest BCUT2D eigenvalue weighted by atomic mass is 9.83. The lowest BCUT2D eigenvalue weighted by Crippen LogP contribution is -2.46. The monoisotopic (exact) mass is 420 g/mol. The third-order valence-corrected chi connectivity index (χ3v) is 5.63. The van der Waals surface area contributed by atoms with Crippen LogP contribution in [0.4, 0.5) is 0 Å². The number of carbonyl (C=O) groups is 3. The number of benzene rings is 1. The first-order valence-electron chi connectivity index (χ1n) is 9.89. The molecule has 1 aliphatic rings. The Balaban J connectivity index is 2.40. The first-order chi connectivity index (χ1) is 13.7. The zero-order chi connectivity index (χ0) is 21.7. The molecule has 29 heavy (non-hydrogen) atoms. The van der Waals surface area contributed by atoms with Gasteiger partial charge in [-0.1, -0.05) is 43.6 Å². The molecular formula is C22H29ClN2O4. The number of esters is 1. The van der Waals surface area contributed by atoms with Crippen LogP contribution in [0.5, 0.6) is 0 Å². The molecule has 0 fully saturated rings. The zero-order valence-electron chi connectivity index (χ0n) is 17.6. The fourth-order valence-electron chi connectivity index (χ4n) is 3.31. The van der Waals surface area contributed by atoms with Gasteiger partial charge in [-0.3, -0.25) is 9.59 Å². The van der Waals surface area contributed by atoms with Gasteiger partial charge in [-0.25, -0.2) is 4.79 Å². The summed E-state index contributed by atoms with van der Waals surface area (Å²) in [5, 5.41) is 3.38. The minimum atomic E-state index is -0.510. The summed E-state index contributed by atoms with van der Waals surface area (Å²) in [6, 6.07) is 7.12. The van der Waals surface area contributed by atoms with Crippen molar-refractivity contribution in [3.05, 3.63) is 46.1 Å². The van der Waals surface area contributed by atoms with Gasteiger partial charge in [0.1, 0.15) is 6.54 Å². The molecule has 7 heteroatoms. The van der Waals surface area contributed by atoms with Crippen molar-refractivity contribution < 1.29 is 19.1 Å². The first-order valence-corrected chi connectivity index (χ1v) is 10.3. The van der Waals surface area contributed by atoms with Crippen molar-refractivity contribution in [1.82, 2.24) is 10.2 Å². The van der Waals surface area contributed by atoms with E-state index in [9.17, 15) is 14.4 Å². The van der Waals surface area contributed by atoms with Crippen LogP contribution >= 0.6 is 11.6 Å². The summed E-state index contributed by atoms with van der Waals surface area (Å²) < 4.78 is 5.25. The van der Waals surface area contributed by atoms with Gasteiger partial charge < -0.3 is 15.0 Å². The summed E-state index contributed by atoms with van der Waals surface area (Å²) in [6.07, 6.45) is 0.0439. The minimum absolute atomic E-state index is 0.0212.